The summed E-state index contributed by atoms with van der Waals surface area (Å²) in [5.74, 6) is 2.21. The first-order valence-corrected chi connectivity index (χ1v) is 12.4. The number of benzene rings is 1. The van der Waals surface area contributed by atoms with Crippen LogP contribution in [0.5, 0.6) is 0 Å². The third-order valence-corrected chi connectivity index (χ3v) is 6.89. The molecule has 0 bridgehead atoms. The van der Waals surface area contributed by atoms with Crippen LogP contribution in [0.25, 0.3) is 22.5 Å². The minimum Gasteiger partial charge on any atom is -0.321 e. The van der Waals surface area contributed by atoms with E-state index in [0.717, 1.165) is 46.1 Å². The molecular weight excluding hydrogens is 444 g/mol. The van der Waals surface area contributed by atoms with Crippen LogP contribution >= 0.6 is 11.8 Å². The summed E-state index contributed by atoms with van der Waals surface area (Å²) in [6, 6.07) is 15.9. The Morgan fingerprint density at radius 1 is 1.09 bits per heavy atom. The van der Waals surface area contributed by atoms with E-state index >= 15 is 0 Å². The maximum atomic E-state index is 13.0. The molecule has 1 saturated carbocycles. The van der Waals surface area contributed by atoms with E-state index in [-0.39, 0.29) is 5.91 Å². The van der Waals surface area contributed by atoms with E-state index in [0.29, 0.717) is 23.3 Å². The molecule has 1 amide bonds. The van der Waals surface area contributed by atoms with E-state index in [4.69, 9.17) is 0 Å². The number of amides is 1. The van der Waals surface area contributed by atoms with E-state index in [1.807, 2.05) is 48.7 Å². The van der Waals surface area contributed by atoms with E-state index in [9.17, 15) is 4.79 Å². The summed E-state index contributed by atoms with van der Waals surface area (Å²) in [5.41, 5.74) is 3.81. The summed E-state index contributed by atoms with van der Waals surface area (Å²) in [4.78, 5) is 21.8. The maximum Gasteiger partial charge on any atom is 0.274 e. The lowest BCUT2D eigenvalue weighted by Gasteiger charge is -2.09. The number of anilines is 1. The van der Waals surface area contributed by atoms with Crippen LogP contribution in [0, 0.1) is 5.92 Å². The predicted octanol–water partition coefficient (Wildman–Crippen LogP) is 5.74. The highest BCUT2D eigenvalue weighted by Crippen LogP contribution is 2.37. The number of nitrogens with zero attached hydrogens (tertiary/aromatic N) is 5. The number of nitrogens with one attached hydrogen (secondary N) is 1. The molecule has 0 unspecified atom stereocenters. The fourth-order valence-electron chi connectivity index (χ4n) is 3.62. The number of carbonyl (C=O) groups is 1. The lowest BCUT2D eigenvalue weighted by Crippen LogP contribution is -2.13. The number of carbonyl (C=O) groups excluding carboxylic acids is 1. The van der Waals surface area contributed by atoms with Crippen molar-refractivity contribution in [2.75, 3.05) is 11.1 Å². The molecule has 5 rings (SSSR count). The number of hydrogen-bond acceptors (Lipinski definition) is 6. The van der Waals surface area contributed by atoms with Crippen LogP contribution in [0.4, 0.5) is 5.69 Å². The quantitative estimate of drug-likeness (QED) is 0.331. The van der Waals surface area contributed by atoms with Crippen LogP contribution in [0.3, 0.4) is 0 Å². The Labute approximate surface area is 203 Å². The zero-order valence-electron chi connectivity index (χ0n) is 19.2. The molecule has 0 saturated heterocycles. The summed E-state index contributed by atoms with van der Waals surface area (Å²) >= 11 is 1.75. The van der Waals surface area contributed by atoms with Crippen LogP contribution in [0.2, 0.25) is 0 Å². The van der Waals surface area contributed by atoms with Crippen molar-refractivity contribution >= 4 is 23.4 Å². The predicted molar refractivity (Wildman–Crippen MR) is 135 cm³/mol. The zero-order valence-corrected chi connectivity index (χ0v) is 20.0. The average molecular weight is 471 g/mol. The molecule has 1 aliphatic rings. The van der Waals surface area contributed by atoms with Gasteiger partial charge in [0, 0.05) is 41.0 Å². The second-order valence-corrected chi connectivity index (χ2v) is 9.89. The molecule has 1 aromatic carbocycles. The second-order valence-electron chi connectivity index (χ2n) is 8.85. The van der Waals surface area contributed by atoms with Gasteiger partial charge in [-0.05, 0) is 54.7 Å². The van der Waals surface area contributed by atoms with Crippen molar-refractivity contribution in [3.63, 3.8) is 0 Å². The average Bonchev–Trinajstić information content (AvgIpc) is 3.59. The van der Waals surface area contributed by atoms with Gasteiger partial charge in [-0.25, -0.2) is 4.98 Å². The summed E-state index contributed by atoms with van der Waals surface area (Å²) in [6.07, 6.45) is 7.58. The van der Waals surface area contributed by atoms with Gasteiger partial charge in [-0.3, -0.25) is 9.78 Å². The number of rotatable bonds is 8. The molecule has 1 N–H and O–H groups in total. The fourth-order valence-corrected chi connectivity index (χ4v) is 4.42. The number of aromatic nitrogens is 5. The van der Waals surface area contributed by atoms with E-state index in [1.165, 1.54) is 0 Å². The fraction of sp³-hybridized carbons (Fsp3) is 0.269. The van der Waals surface area contributed by atoms with Crippen molar-refractivity contribution in [1.29, 1.82) is 0 Å². The van der Waals surface area contributed by atoms with Gasteiger partial charge in [-0.1, -0.05) is 32.0 Å². The zero-order chi connectivity index (χ0) is 23.5. The van der Waals surface area contributed by atoms with Gasteiger partial charge in [0.1, 0.15) is 12.0 Å². The van der Waals surface area contributed by atoms with E-state index in [1.54, 1.807) is 30.4 Å². The number of hydrogen-bond donors (Lipinski definition) is 1. The number of thioether (sulfide) groups is 1. The summed E-state index contributed by atoms with van der Waals surface area (Å²) in [7, 11) is 0. The van der Waals surface area contributed by atoms with E-state index < -0.39 is 0 Å². The van der Waals surface area contributed by atoms with Gasteiger partial charge < -0.3 is 9.88 Å². The Morgan fingerprint density at radius 2 is 1.97 bits per heavy atom. The molecular formula is C26H26N6OS. The molecule has 172 valence electrons. The Bertz CT molecular complexity index is 1300. The summed E-state index contributed by atoms with van der Waals surface area (Å²) in [5, 5.41) is 12.3. The molecule has 1 aliphatic carbocycles. The molecule has 8 heteroatoms. The first kappa shape index (κ1) is 22.3. The first-order valence-electron chi connectivity index (χ1n) is 11.4. The van der Waals surface area contributed by atoms with Gasteiger partial charge in [-0.2, -0.15) is 0 Å². The third-order valence-electron chi connectivity index (χ3n) is 5.52. The SMILES string of the molecule is CC(C)CSc1ccc(-c2ccnc(C(=O)Nc3cccc(-c4nncn4C4CC4)c3)c2)cn1. The molecule has 4 aromatic rings. The van der Waals surface area contributed by atoms with Gasteiger partial charge in [0.05, 0.1) is 5.03 Å². The Kier molecular flexibility index (Phi) is 6.40. The Morgan fingerprint density at radius 3 is 2.74 bits per heavy atom. The smallest absolute Gasteiger partial charge is 0.274 e. The molecule has 0 radical (unpaired) electrons. The van der Waals surface area contributed by atoms with Crippen molar-refractivity contribution in [3.8, 4) is 22.5 Å². The topological polar surface area (TPSA) is 85.6 Å². The highest BCUT2D eigenvalue weighted by Gasteiger charge is 2.26. The molecule has 7 nitrogen and oxygen atoms in total. The van der Waals surface area contributed by atoms with Crippen molar-refractivity contribution in [2.24, 2.45) is 5.92 Å². The van der Waals surface area contributed by atoms with Gasteiger partial charge in [-0.15, -0.1) is 22.0 Å². The number of pyridine rings is 2. The van der Waals surface area contributed by atoms with Gasteiger partial charge in [0.25, 0.3) is 5.91 Å². The van der Waals surface area contributed by atoms with Crippen molar-refractivity contribution in [2.45, 2.75) is 37.8 Å². The molecule has 0 atom stereocenters. The van der Waals surface area contributed by atoms with Crippen LogP contribution in [0.1, 0.15) is 43.2 Å². The largest absolute Gasteiger partial charge is 0.321 e. The van der Waals surface area contributed by atoms with Gasteiger partial charge in [0.15, 0.2) is 5.82 Å². The van der Waals surface area contributed by atoms with Crippen molar-refractivity contribution in [3.05, 3.63) is 72.9 Å². The summed E-state index contributed by atoms with van der Waals surface area (Å²) in [6.45, 7) is 4.39. The van der Waals surface area contributed by atoms with E-state index in [2.05, 4.69) is 43.9 Å². The molecule has 3 aromatic heterocycles. The maximum absolute atomic E-state index is 13.0. The van der Waals surface area contributed by atoms with Gasteiger partial charge in [0.2, 0.25) is 0 Å². The minimum absolute atomic E-state index is 0.264. The van der Waals surface area contributed by atoms with Crippen LogP contribution in [-0.4, -0.2) is 36.4 Å². The normalized spacial score (nSPS) is 13.3. The molecule has 0 spiro atoms. The highest BCUT2D eigenvalue weighted by molar-refractivity contribution is 7.99. The molecule has 34 heavy (non-hydrogen) atoms. The molecule has 0 aliphatic heterocycles. The second kappa shape index (κ2) is 9.77. The minimum atomic E-state index is -0.264. The monoisotopic (exact) mass is 470 g/mol. The standard InChI is InChI=1S/C26H26N6OS/c1-17(2)15-34-24-9-6-20(14-28-24)18-10-11-27-23(13-18)26(33)30-21-5-3-4-19(12-21)25-31-29-16-32(25)22-7-8-22/h3-6,9-14,16-17,22H,7-8,15H2,1-2H3,(H,30,33). The molecule has 3 heterocycles. The summed E-state index contributed by atoms with van der Waals surface area (Å²) < 4.78 is 2.10. The van der Waals surface area contributed by atoms with Crippen LogP contribution in [0.15, 0.2) is 72.3 Å². The lowest BCUT2D eigenvalue weighted by molar-refractivity contribution is 0.102. The van der Waals surface area contributed by atoms with Crippen LogP contribution < -0.4 is 5.32 Å². The highest BCUT2D eigenvalue weighted by atomic mass is 32.2. The molecule has 1 fully saturated rings. The third kappa shape index (κ3) is 5.17. The Hall–Kier alpha value is -3.52. The van der Waals surface area contributed by atoms with Crippen molar-refractivity contribution in [1.82, 2.24) is 24.7 Å². The van der Waals surface area contributed by atoms with Crippen LogP contribution in [-0.2, 0) is 0 Å². The first-order chi connectivity index (χ1) is 16.6. The lowest BCUT2D eigenvalue weighted by atomic mass is 10.1. The van der Waals surface area contributed by atoms with Crippen molar-refractivity contribution < 1.29 is 4.79 Å². The van der Waals surface area contributed by atoms with Gasteiger partial charge >= 0.3 is 0 Å². The Balaban J connectivity index is 1.30.